The van der Waals surface area contributed by atoms with Crippen molar-refractivity contribution in [1.29, 1.82) is 0 Å². The van der Waals surface area contributed by atoms with Crippen LogP contribution in [0.2, 0.25) is 0 Å². The van der Waals surface area contributed by atoms with Crippen molar-refractivity contribution in [2.75, 3.05) is 19.7 Å². The molecule has 0 atom stereocenters. The summed E-state index contributed by atoms with van der Waals surface area (Å²) < 4.78 is 4.65. The number of rotatable bonds is 5. The van der Waals surface area contributed by atoms with Gasteiger partial charge in [0.2, 0.25) is 5.91 Å². The molecule has 1 fully saturated rings. The van der Waals surface area contributed by atoms with E-state index in [0.717, 1.165) is 12.8 Å². The van der Waals surface area contributed by atoms with Crippen LogP contribution >= 0.6 is 0 Å². The Labute approximate surface area is 83.2 Å². The van der Waals surface area contributed by atoms with Gasteiger partial charge in [-0.15, -0.1) is 0 Å². The van der Waals surface area contributed by atoms with Crippen molar-refractivity contribution in [3.63, 3.8) is 0 Å². The molecule has 1 saturated carbocycles. The summed E-state index contributed by atoms with van der Waals surface area (Å²) in [5.74, 6) is 0.313. The Morgan fingerprint density at radius 3 is 2.50 bits per heavy atom. The second-order valence-corrected chi connectivity index (χ2v) is 3.21. The standard InChI is InChI=1S/C9H16N2O3/c1-2-14-9(13)11-6-5-10-8(12)7-3-4-7/h7H,2-6H2,1H3,(H,10,12)(H,11,13). The van der Waals surface area contributed by atoms with Crippen LogP contribution in [-0.4, -0.2) is 31.7 Å². The van der Waals surface area contributed by atoms with Gasteiger partial charge in [0, 0.05) is 19.0 Å². The maximum atomic E-state index is 11.1. The summed E-state index contributed by atoms with van der Waals surface area (Å²) >= 11 is 0. The third kappa shape index (κ3) is 4.11. The van der Waals surface area contributed by atoms with Crippen molar-refractivity contribution < 1.29 is 14.3 Å². The molecule has 2 amide bonds. The molecule has 0 spiro atoms. The molecule has 0 heterocycles. The Hall–Kier alpha value is -1.26. The number of hydrogen-bond acceptors (Lipinski definition) is 3. The van der Waals surface area contributed by atoms with E-state index in [-0.39, 0.29) is 11.8 Å². The summed E-state index contributed by atoms with van der Waals surface area (Å²) in [6.07, 6.45) is 1.56. The van der Waals surface area contributed by atoms with Crippen LogP contribution in [0.25, 0.3) is 0 Å². The molecule has 1 rings (SSSR count). The van der Waals surface area contributed by atoms with Crippen LogP contribution < -0.4 is 10.6 Å². The maximum absolute atomic E-state index is 11.1. The van der Waals surface area contributed by atoms with Crippen molar-refractivity contribution in [2.24, 2.45) is 5.92 Å². The highest BCUT2D eigenvalue weighted by Gasteiger charge is 2.28. The highest BCUT2D eigenvalue weighted by molar-refractivity contribution is 5.80. The first kappa shape index (κ1) is 10.8. The van der Waals surface area contributed by atoms with E-state index in [0.29, 0.717) is 19.7 Å². The zero-order chi connectivity index (χ0) is 10.4. The molecule has 0 aromatic carbocycles. The molecule has 14 heavy (non-hydrogen) atoms. The van der Waals surface area contributed by atoms with Gasteiger partial charge in [-0.05, 0) is 19.8 Å². The van der Waals surface area contributed by atoms with E-state index in [9.17, 15) is 9.59 Å². The van der Waals surface area contributed by atoms with Gasteiger partial charge in [-0.2, -0.15) is 0 Å². The lowest BCUT2D eigenvalue weighted by Crippen LogP contribution is -2.35. The Morgan fingerprint density at radius 2 is 1.93 bits per heavy atom. The SMILES string of the molecule is CCOC(=O)NCCNC(=O)C1CC1. The molecular weight excluding hydrogens is 184 g/mol. The van der Waals surface area contributed by atoms with Crippen LogP contribution in [0.1, 0.15) is 19.8 Å². The van der Waals surface area contributed by atoms with Gasteiger partial charge < -0.3 is 15.4 Å². The van der Waals surface area contributed by atoms with Crippen molar-refractivity contribution in [3.05, 3.63) is 0 Å². The third-order valence-corrected chi connectivity index (χ3v) is 1.92. The fraction of sp³-hybridized carbons (Fsp3) is 0.778. The molecule has 0 radical (unpaired) electrons. The van der Waals surface area contributed by atoms with Gasteiger partial charge in [-0.3, -0.25) is 4.79 Å². The van der Waals surface area contributed by atoms with E-state index >= 15 is 0 Å². The summed E-state index contributed by atoms with van der Waals surface area (Å²) in [7, 11) is 0. The molecule has 5 heteroatoms. The number of amides is 2. The van der Waals surface area contributed by atoms with Crippen LogP contribution in [0.5, 0.6) is 0 Å². The maximum Gasteiger partial charge on any atom is 0.407 e. The first-order valence-electron chi connectivity index (χ1n) is 4.92. The molecule has 80 valence electrons. The topological polar surface area (TPSA) is 67.4 Å². The normalized spacial score (nSPS) is 14.6. The first-order chi connectivity index (χ1) is 6.74. The molecule has 5 nitrogen and oxygen atoms in total. The lowest BCUT2D eigenvalue weighted by Gasteiger charge is -2.06. The predicted octanol–water partition coefficient (Wildman–Crippen LogP) is 0.259. The van der Waals surface area contributed by atoms with E-state index in [2.05, 4.69) is 15.4 Å². The second kappa shape index (κ2) is 5.47. The summed E-state index contributed by atoms with van der Waals surface area (Å²) in [4.78, 5) is 21.9. The monoisotopic (exact) mass is 200 g/mol. The number of alkyl carbamates (subject to hydrolysis) is 1. The zero-order valence-electron chi connectivity index (χ0n) is 8.34. The van der Waals surface area contributed by atoms with Gasteiger partial charge in [0.05, 0.1) is 6.61 Å². The summed E-state index contributed by atoms with van der Waals surface area (Å²) in [6.45, 7) is 2.99. The van der Waals surface area contributed by atoms with Crippen LogP contribution in [0.3, 0.4) is 0 Å². The van der Waals surface area contributed by atoms with Crippen molar-refractivity contribution in [2.45, 2.75) is 19.8 Å². The van der Waals surface area contributed by atoms with E-state index < -0.39 is 6.09 Å². The van der Waals surface area contributed by atoms with Crippen molar-refractivity contribution in [1.82, 2.24) is 10.6 Å². The van der Waals surface area contributed by atoms with Gasteiger partial charge in [-0.1, -0.05) is 0 Å². The van der Waals surface area contributed by atoms with Gasteiger partial charge in [0.15, 0.2) is 0 Å². The Kier molecular flexibility index (Phi) is 4.22. The number of hydrogen-bond donors (Lipinski definition) is 2. The van der Waals surface area contributed by atoms with E-state index in [1.807, 2.05) is 0 Å². The number of carbonyl (C=O) groups is 2. The molecule has 0 aliphatic heterocycles. The average molecular weight is 200 g/mol. The minimum absolute atomic E-state index is 0.0932. The quantitative estimate of drug-likeness (QED) is 0.625. The minimum atomic E-state index is -0.437. The largest absolute Gasteiger partial charge is 0.450 e. The smallest absolute Gasteiger partial charge is 0.407 e. The zero-order valence-corrected chi connectivity index (χ0v) is 8.34. The molecule has 0 aromatic heterocycles. The summed E-state index contributed by atoms with van der Waals surface area (Å²) in [5.41, 5.74) is 0. The summed E-state index contributed by atoms with van der Waals surface area (Å²) in [6, 6.07) is 0. The van der Waals surface area contributed by atoms with Crippen molar-refractivity contribution in [3.8, 4) is 0 Å². The molecule has 2 N–H and O–H groups in total. The van der Waals surface area contributed by atoms with E-state index in [1.165, 1.54) is 0 Å². The molecule has 1 aliphatic rings. The van der Waals surface area contributed by atoms with Crippen LogP contribution in [0, 0.1) is 5.92 Å². The van der Waals surface area contributed by atoms with Crippen LogP contribution in [0.4, 0.5) is 4.79 Å². The van der Waals surface area contributed by atoms with Crippen LogP contribution in [-0.2, 0) is 9.53 Å². The highest BCUT2D eigenvalue weighted by atomic mass is 16.5. The molecule has 0 aromatic rings. The fourth-order valence-electron chi connectivity index (χ4n) is 1.02. The Balaban J connectivity index is 1.93. The molecule has 0 unspecified atom stereocenters. The number of nitrogens with one attached hydrogen (secondary N) is 2. The van der Waals surface area contributed by atoms with Gasteiger partial charge in [-0.25, -0.2) is 4.79 Å². The van der Waals surface area contributed by atoms with Crippen molar-refractivity contribution >= 4 is 12.0 Å². The van der Waals surface area contributed by atoms with Crippen LogP contribution in [0.15, 0.2) is 0 Å². The predicted molar refractivity (Wildman–Crippen MR) is 50.8 cm³/mol. The molecule has 0 bridgehead atoms. The summed E-state index contributed by atoms with van der Waals surface area (Å²) in [5, 5.41) is 5.26. The third-order valence-electron chi connectivity index (χ3n) is 1.92. The first-order valence-corrected chi connectivity index (χ1v) is 4.92. The molecular formula is C9H16N2O3. The van der Waals surface area contributed by atoms with E-state index in [1.54, 1.807) is 6.92 Å². The number of carbonyl (C=O) groups excluding carboxylic acids is 2. The minimum Gasteiger partial charge on any atom is -0.450 e. The lowest BCUT2D eigenvalue weighted by molar-refractivity contribution is -0.122. The number of ether oxygens (including phenoxy) is 1. The highest BCUT2D eigenvalue weighted by Crippen LogP contribution is 2.28. The van der Waals surface area contributed by atoms with Gasteiger partial charge in [0.25, 0.3) is 0 Å². The second-order valence-electron chi connectivity index (χ2n) is 3.21. The average Bonchev–Trinajstić information content (AvgIpc) is 2.95. The Morgan fingerprint density at radius 1 is 1.29 bits per heavy atom. The van der Waals surface area contributed by atoms with Gasteiger partial charge in [0.1, 0.15) is 0 Å². The molecule has 0 saturated heterocycles. The van der Waals surface area contributed by atoms with E-state index in [4.69, 9.17) is 0 Å². The fourth-order valence-corrected chi connectivity index (χ4v) is 1.02. The lowest BCUT2D eigenvalue weighted by atomic mass is 10.4. The Bertz CT molecular complexity index is 214. The van der Waals surface area contributed by atoms with Gasteiger partial charge >= 0.3 is 6.09 Å². The molecule has 1 aliphatic carbocycles.